The Balaban J connectivity index is 2.70. The molecule has 18 heavy (non-hydrogen) atoms. The van der Waals surface area contributed by atoms with Gasteiger partial charge < -0.3 is 10.1 Å². The van der Waals surface area contributed by atoms with Crippen molar-refractivity contribution in [1.82, 2.24) is 5.32 Å². The van der Waals surface area contributed by atoms with Crippen LogP contribution in [0.25, 0.3) is 0 Å². The number of hydrogen-bond acceptors (Lipinski definition) is 2. The van der Waals surface area contributed by atoms with Gasteiger partial charge in [-0.2, -0.15) is 0 Å². The molecule has 0 aliphatic rings. The zero-order valence-corrected chi connectivity index (χ0v) is 12.9. The molecule has 100 valence electrons. The zero-order valence-electron chi connectivity index (χ0n) is 11.3. The first-order valence-corrected chi connectivity index (χ1v) is 7.11. The van der Waals surface area contributed by atoms with Gasteiger partial charge in [-0.15, -0.1) is 0 Å². The zero-order chi connectivity index (χ0) is 13.8. The molecule has 1 aromatic rings. The summed E-state index contributed by atoms with van der Waals surface area (Å²) in [7, 11) is 0. The van der Waals surface area contributed by atoms with Gasteiger partial charge in [-0.05, 0) is 52.0 Å². The summed E-state index contributed by atoms with van der Waals surface area (Å²) in [6.07, 6.45) is 0.136. The van der Waals surface area contributed by atoms with Crippen molar-refractivity contribution in [2.75, 3.05) is 5.33 Å². The minimum atomic E-state index is -0.260. The fraction of sp³-hybridized carbons (Fsp3) is 0.500. The van der Waals surface area contributed by atoms with Crippen LogP contribution in [-0.4, -0.2) is 22.9 Å². The Kier molecular flexibility index (Phi) is 5.20. The Morgan fingerprint density at radius 3 is 2.33 bits per heavy atom. The van der Waals surface area contributed by atoms with E-state index in [0.29, 0.717) is 10.9 Å². The van der Waals surface area contributed by atoms with E-state index >= 15 is 0 Å². The molecule has 0 spiro atoms. The molecular weight excluding hydrogens is 294 g/mol. The third kappa shape index (κ3) is 4.69. The van der Waals surface area contributed by atoms with Gasteiger partial charge in [-0.1, -0.05) is 15.9 Å². The van der Waals surface area contributed by atoms with Crippen molar-refractivity contribution in [3.63, 3.8) is 0 Å². The van der Waals surface area contributed by atoms with Crippen LogP contribution in [0, 0.1) is 0 Å². The van der Waals surface area contributed by atoms with Crippen LogP contribution >= 0.6 is 15.9 Å². The first kappa shape index (κ1) is 15.0. The lowest BCUT2D eigenvalue weighted by Gasteiger charge is -2.23. The second kappa shape index (κ2) is 6.23. The minimum Gasteiger partial charge on any atom is -0.491 e. The van der Waals surface area contributed by atoms with Crippen LogP contribution in [0.4, 0.5) is 0 Å². The van der Waals surface area contributed by atoms with Crippen LogP contribution in [0.5, 0.6) is 5.75 Å². The number of alkyl halides is 1. The van der Waals surface area contributed by atoms with E-state index in [1.807, 2.05) is 39.8 Å². The fourth-order valence-electron chi connectivity index (χ4n) is 1.37. The predicted molar refractivity (Wildman–Crippen MR) is 77.5 cm³/mol. The Morgan fingerprint density at radius 2 is 1.89 bits per heavy atom. The van der Waals surface area contributed by atoms with Gasteiger partial charge in [-0.3, -0.25) is 4.79 Å². The van der Waals surface area contributed by atoms with Crippen LogP contribution in [0.1, 0.15) is 38.1 Å². The molecule has 0 fully saturated rings. The summed E-state index contributed by atoms with van der Waals surface area (Å²) >= 11 is 3.38. The average Bonchev–Trinajstić information content (AvgIpc) is 2.28. The molecule has 1 N–H and O–H groups in total. The molecule has 0 aliphatic carbocycles. The van der Waals surface area contributed by atoms with Gasteiger partial charge in [0.1, 0.15) is 5.75 Å². The Labute approximate surface area is 117 Å². The maximum Gasteiger partial charge on any atom is 0.251 e. The lowest BCUT2D eigenvalue weighted by Crippen LogP contribution is -2.44. The SMILES string of the molecule is CC(C)Oc1ccc(C(=O)NC(C)(C)CBr)cc1. The number of rotatable bonds is 5. The van der Waals surface area contributed by atoms with Crippen molar-refractivity contribution < 1.29 is 9.53 Å². The van der Waals surface area contributed by atoms with E-state index in [1.54, 1.807) is 12.1 Å². The minimum absolute atomic E-state index is 0.0736. The van der Waals surface area contributed by atoms with Crippen LogP contribution in [-0.2, 0) is 0 Å². The highest BCUT2D eigenvalue weighted by Crippen LogP contribution is 2.15. The van der Waals surface area contributed by atoms with E-state index in [0.717, 1.165) is 5.75 Å². The average molecular weight is 314 g/mol. The number of carbonyl (C=O) groups is 1. The topological polar surface area (TPSA) is 38.3 Å². The van der Waals surface area contributed by atoms with Crippen molar-refractivity contribution in [2.45, 2.75) is 39.3 Å². The first-order chi connectivity index (χ1) is 8.34. The second-order valence-electron chi connectivity index (χ2n) is 5.16. The van der Waals surface area contributed by atoms with Gasteiger partial charge in [0.25, 0.3) is 5.91 Å². The highest BCUT2D eigenvalue weighted by molar-refractivity contribution is 9.09. The van der Waals surface area contributed by atoms with Gasteiger partial charge in [0, 0.05) is 16.4 Å². The molecule has 0 radical (unpaired) electrons. The molecule has 0 atom stereocenters. The predicted octanol–water partition coefficient (Wildman–Crippen LogP) is 3.38. The molecule has 3 nitrogen and oxygen atoms in total. The molecule has 0 aromatic heterocycles. The molecule has 0 saturated carbocycles. The number of benzene rings is 1. The van der Waals surface area contributed by atoms with Crippen molar-refractivity contribution in [3.8, 4) is 5.75 Å². The monoisotopic (exact) mass is 313 g/mol. The summed E-state index contributed by atoms with van der Waals surface area (Å²) < 4.78 is 5.53. The first-order valence-electron chi connectivity index (χ1n) is 5.99. The number of hydrogen-bond donors (Lipinski definition) is 1. The Hall–Kier alpha value is -1.03. The molecule has 0 bridgehead atoms. The Morgan fingerprint density at radius 1 is 1.33 bits per heavy atom. The maximum absolute atomic E-state index is 12.0. The molecule has 0 unspecified atom stereocenters. The molecule has 1 rings (SSSR count). The van der Waals surface area contributed by atoms with Crippen LogP contribution in [0.15, 0.2) is 24.3 Å². The van der Waals surface area contributed by atoms with Gasteiger partial charge >= 0.3 is 0 Å². The fourth-order valence-corrected chi connectivity index (χ4v) is 1.51. The molecular formula is C14H20BrNO2. The number of nitrogens with one attached hydrogen (secondary N) is 1. The molecule has 0 saturated heterocycles. The molecule has 0 heterocycles. The Bertz CT molecular complexity index is 399. The highest BCUT2D eigenvalue weighted by Gasteiger charge is 2.19. The number of ether oxygens (including phenoxy) is 1. The normalized spacial score (nSPS) is 11.4. The maximum atomic E-state index is 12.0. The number of amides is 1. The van der Waals surface area contributed by atoms with Crippen LogP contribution in [0.3, 0.4) is 0 Å². The smallest absolute Gasteiger partial charge is 0.251 e. The third-order valence-corrected chi connectivity index (χ3v) is 3.68. The van der Waals surface area contributed by atoms with Crippen LogP contribution < -0.4 is 10.1 Å². The van der Waals surface area contributed by atoms with Gasteiger partial charge in [0.2, 0.25) is 0 Å². The molecule has 1 amide bonds. The summed E-state index contributed by atoms with van der Waals surface area (Å²) in [5.41, 5.74) is 0.379. The van der Waals surface area contributed by atoms with Gasteiger partial charge in [-0.25, -0.2) is 0 Å². The van der Waals surface area contributed by atoms with Crippen molar-refractivity contribution in [3.05, 3.63) is 29.8 Å². The quantitative estimate of drug-likeness (QED) is 0.846. The summed E-state index contributed by atoms with van der Waals surface area (Å²) in [5, 5.41) is 3.66. The largest absolute Gasteiger partial charge is 0.491 e. The summed E-state index contributed by atoms with van der Waals surface area (Å²) in [6.45, 7) is 7.88. The molecule has 1 aromatic carbocycles. The highest BCUT2D eigenvalue weighted by atomic mass is 79.9. The number of carbonyl (C=O) groups excluding carboxylic acids is 1. The number of halogens is 1. The van der Waals surface area contributed by atoms with E-state index < -0.39 is 0 Å². The lowest BCUT2D eigenvalue weighted by atomic mass is 10.1. The summed E-state index contributed by atoms with van der Waals surface area (Å²) in [4.78, 5) is 12.0. The van der Waals surface area contributed by atoms with E-state index in [-0.39, 0.29) is 17.6 Å². The van der Waals surface area contributed by atoms with Crippen molar-refractivity contribution >= 4 is 21.8 Å². The van der Waals surface area contributed by atoms with Gasteiger partial charge in [0.15, 0.2) is 0 Å². The standard InChI is InChI=1S/C14H20BrNO2/c1-10(2)18-12-7-5-11(6-8-12)13(17)16-14(3,4)9-15/h5-8,10H,9H2,1-4H3,(H,16,17). The van der Waals surface area contributed by atoms with E-state index in [1.165, 1.54) is 0 Å². The summed E-state index contributed by atoms with van der Waals surface area (Å²) in [6, 6.07) is 7.18. The van der Waals surface area contributed by atoms with E-state index in [9.17, 15) is 4.79 Å². The second-order valence-corrected chi connectivity index (χ2v) is 5.72. The van der Waals surface area contributed by atoms with E-state index in [2.05, 4.69) is 21.2 Å². The third-order valence-electron chi connectivity index (χ3n) is 2.27. The lowest BCUT2D eigenvalue weighted by molar-refractivity contribution is 0.0921. The summed E-state index contributed by atoms with van der Waals surface area (Å²) in [5.74, 6) is 0.705. The van der Waals surface area contributed by atoms with Crippen molar-refractivity contribution in [2.24, 2.45) is 0 Å². The molecule has 0 aliphatic heterocycles. The van der Waals surface area contributed by atoms with Crippen LogP contribution in [0.2, 0.25) is 0 Å². The van der Waals surface area contributed by atoms with E-state index in [4.69, 9.17) is 4.74 Å². The molecule has 4 heteroatoms. The van der Waals surface area contributed by atoms with Crippen molar-refractivity contribution in [1.29, 1.82) is 0 Å². The van der Waals surface area contributed by atoms with Gasteiger partial charge in [0.05, 0.1) is 6.10 Å².